The molecule has 0 saturated heterocycles. The molecule has 2 N–H and O–H groups in total. The van der Waals surface area contributed by atoms with Crippen LogP contribution in [0.15, 0.2) is 42.5 Å². The molecule has 2 aromatic carbocycles. The fourth-order valence-corrected chi connectivity index (χ4v) is 1.78. The molecule has 0 aliphatic carbocycles. The maximum Gasteiger partial charge on any atom is 0.162 e. The summed E-state index contributed by atoms with van der Waals surface area (Å²) in [6.07, 6.45) is 0. The van der Waals surface area contributed by atoms with E-state index >= 15 is 0 Å². The van der Waals surface area contributed by atoms with E-state index in [-0.39, 0.29) is 17.4 Å². The Morgan fingerprint density at radius 2 is 1.78 bits per heavy atom. The van der Waals surface area contributed by atoms with E-state index in [1.807, 2.05) is 30.3 Å². The monoisotopic (exact) mass is 264 g/mol. The highest BCUT2D eigenvalue weighted by Crippen LogP contribution is 2.34. The van der Waals surface area contributed by atoms with Crippen molar-refractivity contribution >= 4 is 11.6 Å². The Balaban J connectivity index is 2.13. The fraction of sp³-hybridized carbons (Fsp3) is 0.143. The van der Waals surface area contributed by atoms with Gasteiger partial charge in [-0.3, -0.25) is 0 Å². The van der Waals surface area contributed by atoms with Gasteiger partial charge in [-0.25, -0.2) is 0 Å². The van der Waals surface area contributed by atoms with E-state index < -0.39 is 0 Å². The molecule has 2 rings (SSSR count). The first kappa shape index (κ1) is 12.6. The van der Waals surface area contributed by atoms with Crippen molar-refractivity contribution in [1.29, 1.82) is 0 Å². The largest absolute Gasteiger partial charge is 0.504 e. The summed E-state index contributed by atoms with van der Waals surface area (Å²) in [7, 11) is 0. The number of aromatic hydroxyl groups is 2. The maximum atomic E-state index is 9.52. The SMILES string of the molecule is Oc1cc(OCc2ccccc2)cc(CCl)c1O. The maximum absolute atomic E-state index is 9.52. The first-order chi connectivity index (χ1) is 8.70. The van der Waals surface area contributed by atoms with E-state index in [0.717, 1.165) is 5.56 Å². The van der Waals surface area contributed by atoms with Gasteiger partial charge in [0.1, 0.15) is 12.4 Å². The van der Waals surface area contributed by atoms with Crippen molar-refractivity contribution < 1.29 is 14.9 Å². The summed E-state index contributed by atoms with van der Waals surface area (Å²) >= 11 is 5.67. The van der Waals surface area contributed by atoms with Gasteiger partial charge in [0.15, 0.2) is 11.5 Å². The molecule has 18 heavy (non-hydrogen) atoms. The molecule has 0 aliphatic heterocycles. The van der Waals surface area contributed by atoms with E-state index in [0.29, 0.717) is 17.9 Å². The zero-order chi connectivity index (χ0) is 13.0. The Bertz CT molecular complexity index is 526. The van der Waals surface area contributed by atoms with Crippen LogP contribution in [0, 0.1) is 0 Å². The third kappa shape index (κ3) is 2.87. The van der Waals surface area contributed by atoms with E-state index in [4.69, 9.17) is 16.3 Å². The molecule has 0 amide bonds. The van der Waals surface area contributed by atoms with Gasteiger partial charge < -0.3 is 14.9 Å². The Kier molecular flexibility index (Phi) is 3.95. The lowest BCUT2D eigenvalue weighted by Crippen LogP contribution is -1.95. The van der Waals surface area contributed by atoms with Gasteiger partial charge in [0.25, 0.3) is 0 Å². The number of alkyl halides is 1. The van der Waals surface area contributed by atoms with E-state index in [9.17, 15) is 10.2 Å². The second-order valence-corrected chi connectivity index (χ2v) is 4.13. The average Bonchev–Trinajstić information content (AvgIpc) is 2.41. The minimum absolute atomic E-state index is 0.113. The fourth-order valence-electron chi connectivity index (χ4n) is 1.58. The quantitative estimate of drug-likeness (QED) is 0.657. The summed E-state index contributed by atoms with van der Waals surface area (Å²) < 4.78 is 5.54. The van der Waals surface area contributed by atoms with Crippen molar-refractivity contribution in [2.45, 2.75) is 12.5 Å². The molecule has 0 fully saturated rings. The van der Waals surface area contributed by atoms with Crippen molar-refractivity contribution in [2.75, 3.05) is 0 Å². The third-order valence-corrected chi connectivity index (χ3v) is 2.82. The van der Waals surface area contributed by atoms with Crippen molar-refractivity contribution in [3.63, 3.8) is 0 Å². The minimum Gasteiger partial charge on any atom is -0.504 e. The van der Waals surface area contributed by atoms with Crippen LogP contribution in [0.4, 0.5) is 0 Å². The molecule has 3 nitrogen and oxygen atoms in total. The molecule has 0 spiro atoms. The molecule has 0 aromatic heterocycles. The van der Waals surface area contributed by atoms with Gasteiger partial charge in [-0.15, -0.1) is 11.6 Å². The number of halogens is 1. The highest BCUT2D eigenvalue weighted by molar-refractivity contribution is 6.17. The Labute approximate surface area is 110 Å². The van der Waals surface area contributed by atoms with Crippen LogP contribution in [0.3, 0.4) is 0 Å². The van der Waals surface area contributed by atoms with Gasteiger partial charge in [-0.2, -0.15) is 0 Å². The zero-order valence-electron chi connectivity index (χ0n) is 9.64. The van der Waals surface area contributed by atoms with Crippen molar-refractivity contribution in [3.8, 4) is 17.2 Å². The first-order valence-corrected chi connectivity index (χ1v) is 6.01. The van der Waals surface area contributed by atoms with E-state index in [1.165, 1.54) is 6.07 Å². The zero-order valence-corrected chi connectivity index (χ0v) is 10.4. The predicted octanol–water partition coefficient (Wildman–Crippen LogP) is 3.42. The number of phenolic OH excluding ortho intramolecular Hbond substituents is 2. The van der Waals surface area contributed by atoms with Crippen LogP contribution < -0.4 is 4.74 Å². The molecule has 0 bridgehead atoms. The standard InChI is InChI=1S/C14H13ClO3/c15-8-11-6-12(7-13(16)14(11)17)18-9-10-4-2-1-3-5-10/h1-7,16-17H,8-9H2. The number of phenols is 2. The normalized spacial score (nSPS) is 10.3. The summed E-state index contributed by atoms with van der Waals surface area (Å²) in [5.41, 5.74) is 1.47. The van der Waals surface area contributed by atoms with Gasteiger partial charge >= 0.3 is 0 Å². The van der Waals surface area contributed by atoms with Gasteiger partial charge in [-0.1, -0.05) is 30.3 Å². The second-order valence-electron chi connectivity index (χ2n) is 3.86. The van der Waals surface area contributed by atoms with Crippen molar-refractivity contribution in [2.24, 2.45) is 0 Å². The summed E-state index contributed by atoms with van der Waals surface area (Å²) in [4.78, 5) is 0. The number of hydrogen-bond donors (Lipinski definition) is 2. The average molecular weight is 265 g/mol. The Morgan fingerprint density at radius 3 is 2.44 bits per heavy atom. The molecule has 0 unspecified atom stereocenters. The van der Waals surface area contributed by atoms with Crippen LogP contribution in [0.1, 0.15) is 11.1 Å². The molecular weight excluding hydrogens is 252 g/mol. The summed E-state index contributed by atoms with van der Waals surface area (Å²) in [6, 6.07) is 12.7. The van der Waals surface area contributed by atoms with Gasteiger partial charge in [-0.05, 0) is 11.6 Å². The van der Waals surface area contributed by atoms with Gasteiger partial charge in [0, 0.05) is 11.6 Å². The lowest BCUT2D eigenvalue weighted by Gasteiger charge is -2.10. The highest BCUT2D eigenvalue weighted by atomic mass is 35.5. The van der Waals surface area contributed by atoms with Crippen LogP contribution in [0.5, 0.6) is 17.2 Å². The summed E-state index contributed by atoms with van der Waals surface area (Å²) in [5, 5.41) is 19.0. The summed E-state index contributed by atoms with van der Waals surface area (Å²) in [5.74, 6) is 0.167. The molecule has 0 atom stereocenters. The number of benzene rings is 2. The van der Waals surface area contributed by atoms with Crippen molar-refractivity contribution in [3.05, 3.63) is 53.6 Å². The smallest absolute Gasteiger partial charge is 0.162 e. The number of ether oxygens (including phenoxy) is 1. The van der Waals surface area contributed by atoms with E-state index in [1.54, 1.807) is 6.07 Å². The molecule has 0 radical (unpaired) electrons. The lowest BCUT2D eigenvalue weighted by molar-refractivity contribution is 0.302. The van der Waals surface area contributed by atoms with Crippen LogP contribution in [-0.2, 0) is 12.5 Å². The predicted molar refractivity (Wildman–Crippen MR) is 70.1 cm³/mol. The Hall–Kier alpha value is -1.87. The lowest BCUT2D eigenvalue weighted by atomic mass is 10.2. The van der Waals surface area contributed by atoms with E-state index in [2.05, 4.69) is 0 Å². The first-order valence-electron chi connectivity index (χ1n) is 5.48. The molecule has 2 aromatic rings. The Morgan fingerprint density at radius 1 is 1.06 bits per heavy atom. The molecule has 0 heterocycles. The molecule has 4 heteroatoms. The van der Waals surface area contributed by atoms with Crippen LogP contribution in [0.2, 0.25) is 0 Å². The molecule has 0 saturated carbocycles. The van der Waals surface area contributed by atoms with Gasteiger partial charge in [0.2, 0.25) is 0 Å². The van der Waals surface area contributed by atoms with Crippen LogP contribution >= 0.6 is 11.6 Å². The molecule has 94 valence electrons. The van der Waals surface area contributed by atoms with Crippen LogP contribution in [-0.4, -0.2) is 10.2 Å². The number of hydrogen-bond acceptors (Lipinski definition) is 3. The molecule has 0 aliphatic rings. The highest BCUT2D eigenvalue weighted by Gasteiger charge is 2.09. The topological polar surface area (TPSA) is 49.7 Å². The minimum atomic E-state index is -0.226. The van der Waals surface area contributed by atoms with Gasteiger partial charge in [0.05, 0.1) is 5.88 Å². The van der Waals surface area contributed by atoms with Crippen molar-refractivity contribution in [1.82, 2.24) is 0 Å². The molecular formula is C14H13ClO3. The number of rotatable bonds is 4. The third-order valence-electron chi connectivity index (χ3n) is 2.53. The summed E-state index contributed by atoms with van der Waals surface area (Å²) in [6.45, 7) is 0.396. The van der Waals surface area contributed by atoms with Crippen LogP contribution in [0.25, 0.3) is 0 Å². The second kappa shape index (κ2) is 5.65.